The van der Waals surface area contributed by atoms with Gasteiger partial charge in [-0.1, -0.05) is 42.8 Å². The van der Waals surface area contributed by atoms with Crippen LogP contribution < -0.4 is 0 Å². The summed E-state index contributed by atoms with van der Waals surface area (Å²) in [6.45, 7) is 0. The summed E-state index contributed by atoms with van der Waals surface area (Å²) in [5.41, 5.74) is 2.18. The van der Waals surface area contributed by atoms with Gasteiger partial charge in [0.25, 0.3) is 0 Å². The Morgan fingerprint density at radius 2 is 1.61 bits per heavy atom. The summed E-state index contributed by atoms with van der Waals surface area (Å²) in [6.07, 6.45) is 6.95. The molecule has 0 bridgehead atoms. The third kappa shape index (κ3) is 5.29. The van der Waals surface area contributed by atoms with Crippen molar-refractivity contribution in [1.82, 2.24) is 15.0 Å². The average Bonchev–Trinajstić information content (AvgIpc) is 3.01. The van der Waals surface area contributed by atoms with Crippen molar-refractivity contribution in [3.63, 3.8) is 0 Å². The topological polar surface area (TPSA) is 41.6 Å². The van der Waals surface area contributed by atoms with Gasteiger partial charge >= 0.3 is 0 Å². The number of thioether (sulfide) groups is 2. The summed E-state index contributed by atoms with van der Waals surface area (Å²) in [5, 5.41) is 2.17. The van der Waals surface area contributed by atoms with Gasteiger partial charge in [0.05, 0.1) is 16.1 Å². The number of fused-ring (bicyclic) bond motifs is 1. The van der Waals surface area contributed by atoms with Gasteiger partial charge in [0.2, 0.25) is 0 Å². The molecule has 0 amide bonds. The van der Waals surface area contributed by atoms with Crippen LogP contribution in [0.3, 0.4) is 0 Å². The molecule has 120 valence electrons. The van der Waals surface area contributed by atoms with Crippen molar-refractivity contribution >= 4 is 34.6 Å². The first kappa shape index (κ1) is 16.4. The van der Waals surface area contributed by atoms with E-state index < -0.39 is 0 Å². The number of aromatic amines is 1. The Morgan fingerprint density at radius 1 is 0.826 bits per heavy atom. The van der Waals surface area contributed by atoms with E-state index in [2.05, 4.69) is 33.2 Å². The zero-order valence-corrected chi connectivity index (χ0v) is 14.7. The van der Waals surface area contributed by atoms with Gasteiger partial charge in [0, 0.05) is 11.9 Å². The lowest BCUT2D eigenvalue weighted by molar-refractivity contribution is 0.710. The minimum Gasteiger partial charge on any atom is -0.333 e. The van der Waals surface area contributed by atoms with Crippen LogP contribution in [0.5, 0.6) is 0 Å². The Bertz CT molecular complexity index is 679. The molecule has 0 aliphatic rings. The molecule has 5 heteroatoms. The first-order chi connectivity index (χ1) is 11.4. The molecule has 1 N–H and O–H groups in total. The highest BCUT2D eigenvalue weighted by atomic mass is 32.2. The monoisotopic (exact) mass is 343 g/mol. The number of hydrogen-bond acceptors (Lipinski definition) is 4. The molecular formula is C18H21N3S2. The van der Waals surface area contributed by atoms with Gasteiger partial charge in [-0.2, -0.15) is 0 Å². The quantitative estimate of drug-likeness (QED) is 0.417. The first-order valence-electron chi connectivity index (χ1n) is 8.03. The predicted molar refractivity (Wildman–Crippen MR) is 100 cm³/mol. The Labute approximate surface area is 145 Å². The number of para-hydroxylation sites is 2. The van der Waals surface area contributed by atoms with Gasteiger partial charge in [-0.05, 0) is 42.9 Å². The minimum atomic E-state index is 1.04. The van der Waals surface area contributed by atoms with Crippen LogP contribution in [0.4, 0.5) is 0 Å². The lowest BCUT2D eigenvalue weighted by Crippen LogP contribution is -1.86. The Kier molecular flexibility index (Phi) is 6.41. The van der Waals surface area contributed by atoms with Crippen LogP contribution in [-0.4, -0.2) is 26.5 Å². The van der Waals surface area contributed by atoms with E-state index in [0.717, 1.165) is 32.7 Å². The fraction of sp³-hybridized carbons (Fsp3) is 0.333. The molecule has 2 aromatic heterocycles. The van der Waals surface area contributed by atoms with Crippen LogP contribution in [0.1, 0.15) is 25.7 Å². The van der Waals surface area contributed by atoms with Crippen molar-refractivity contribution in [1.29, 1.82) is 0 Å². The predicted octanol–water partition coefficient (Wildman–Crippen LogP) is 5.40. The maximum atomic E-state index is 4.59. The zero-order valence-electron chi connectivity index (χ0n) is 13.1. The molecule has 3 aromatic rings. The molecule has 2 heterocycles. The second kappa shape index (κ2) is 8.99. The highest BCUT2D eigenvalue weighted by Gasteiger charge is 2.02. The van der Waals surface area contributed by atoms with Crippen LogP contribution in [0, 0.1) is 0 Å². The second-order valence-corrected chi connectivity index (χ2v) is 7.54. The van der Waals surface area contributed by atoms with Crippen LogP contribution >= 0.6 is 23.5 Å². The summed E-state index contributed by atoms with van der Waals surface area (Å²) in [5.74, 6) is 2.29. The van der Waals surface area contributed by atoms with E-state index >= 15 is 0 Å². The number of unbranched alkanes of at least 4 members (excludes halogenated alkanes) is 3. The standard InChI is InChI=1S/C18H21N3S2/c1(7-13-22-17-11-5-6-12-19-17)2-8-14-23-18-20-15-9-3-4-10-16(15)21-18/h3-6,9-12H,1-2,7-8,13-14H2,(H,20,21). The van der Waals surface area contributed by atoms with Gasteiger partial charge in [0.1, 0.15) is 0 Å². The maximum Gasteiger partial charge on any atom is 0.166 e. The summed E-state index contributed by atoms with van der Waals surface area (Å²) >= 11 is 3.68. The van der Waals surface area contributed by atoms with E-state index in [9.17, 15) is 0 Å². The lowest BCUT2D eigenvalue weighted by Gasteiger charge is -2.01. The fourth-order valence-corrected chi connectivity index (χ4v) is 4.09. The Hall–Kier alpha value is -1.46. The van der Waals surface area contributed by atoms with Gasteiger partial charge in [-0.25, -0.2) is 9.97 Å². The Balaban J connectivity index is 1.26. The largest absolute Gasteiger partial charge is 0.333 e. The van der Waals surface area contributed by atoms with Crippen molar-refractivity contribution in [3.8, 4) is 0 Å². The van der Waals surface area contributed by atoms with Gasteiger partial charge in [-0.3, -0.25) is 0 Å². The first-order valence-corrected chi connectivity index (χ1v) is 10.0. The smallest absolute Gasteiger partial charge is 0.166 e. The molecule has 0 aliphatic heterocycles. The number of benzene rings is 1. The highest BCUT2D eigenvalue weighted by molar-refractivity contribution is 7.99. The van der Waals surface area contributed by atoms with Gasteiger partial charge in [-0.15, -0.1) is 11.8 Å². The third-order valence-electron chi connectivity index (χ3n) is 3.53. The molecule has 0 aliphatic carbocycles. The van der Waals surface area contributed by atoms with E-state index in [-0.39, 0.29) is 0 Å². The van der Waals surface area contributed by atoms with Crippen molar-refractivity contribution in [3.05, 3.63) is 48.7 Å². The number of nitrogens with one attached hydrogen (secondary N) is 1. The summed E-state index contributed by atoms with van der Waals surface area (Å²) in [6, 6.07) is 14.3. The van der Waals surface area contributed by atoms with E-state index in [1.807, 2.05) is 54.0 Å². The molecule has 0 saturated carbocycles. The van der Waals surface area contributed by atoms with Crippen molar-refractivity contribution in [2.45, 2.75) is 35.9 Å². The summed E-state index contributed by atoms with van der Waals surface area (Å²) in [7, 11) is 0. The van der Waals surface area contributed by atoms with Gasteiger partial charge < -0.3 is 4.98 Å². The van der Waals surface area contributed by atoms with E-state index in [1.54, 1.807) is 0 Å². The number of hydrogen-bond donors (Lipinski definition) is 1. The van der Waals surface area contributed by atoms with Crippen LogP contribution in [0.25, 0.3) is 11.0 Å². The molecule has 0 atom stereocenters. The number of nitrogens with zero attached hydrogens (tertiary/aromatic N) is 2. The van der Waals surface area contributed by atoms with E-state index in [0.29, 0.717) is 0 Å². The number of rotatable bonds is 9. The highest BCUT2D eigenvalue weighted by Crippen LogP contribution is 2.21. The normalized spacial score (nSPS) is 11.1. The molecule has 0 spiro atoms. The summed E-state index contributed by atoms with van der Waals surface area (Å²) in [4.78, 5) is 12.3. The van der Waals surface area contributed by atoms with Crippen molar-refractivity contribution < 1.29 is 0 Å². The minimum absolute atomic E-state index is 1.04. The van der Waals surface area contributed by atoms with Crippen LogP contribution in [0.2, 0.25) is 0 Å². The average molecular weight is 344 g/mol. The number of pyridine rings is 1. The fourth-order valence-electron chi connectivity index (χ4n) is 2.33. The number of H-pyrrole nitrogens is 1. The third-order valence-corrected chi connectivity index (χ3v) is 5.52. The van der Waals surface area contributed by atoms with Crippen molar-refractivity contribution in [2.24, 2.45) is 0 Å². The van der Waals surface area contributed by atoms with E-state index in [1.165, 1.54) is 25.7 Å². The molecule has 0 fully saturated rings. The van der Waals surface area contributed by atoms with Gasteiger partial charge in [0.15, 0.2) is 5.16 Å². The SMILES string of the molecule is c1ccc(SCCCCCCSc2nc3ccccc3[nH]2)nc1. The maximum absolute atomic E-state index is 4.59. The Morgan fingerprint density at radius 3 is 2.39 bits per heavy atom. The van der Waals surface area contributed by atoms with Crippen LogP contribution in [-0.2, 0) is 0 Å². The lowest BCUT2D eigenvalue weighted by atomic mass is 10.2. The number of imidazole rings is 1. The molecule has 1 aromatic carbocycles. The zero-order chi connectivity index (χ0) is 15.7. The van der Waals surface area contributed by atoms with E-state index in [4.69, 9.17) is 0 Å². The molecule has 3 rings (SSSR count). The molecule has 0 unspecified atom stereocenters. The second-order valence-electron chi connectivity index (χ2n) is 5.34. The van der Waals surface area contributed by atoms with Crippen molar-refractivity contribution in [2.75, 3.05) is 11.5 Å². The molecular weight excluding hydrogens is 322 g/mol. The molecule has 0 radical (unpaired) electrons. The number of aromatic nitrogens is 3. The molecule has 23 heavy (non-hydrogen) atoms. The molecule has 0 saturated heterocycles. The molecule has 3 nitrogen and oxygen atoms in total. The van der Waals surface area contributed by atoms with Crippen LogP contribution in [0.15, 0.2) is 58.8 Å². The summed E-state index contributed by atoms with van der Waals surface area (Å²) < 4.78 is 0.